The molecule has 3 N–H and O–H groups in total. The third kappa shape index (κ3) is 6.96. The van der Waals surface area contributed by atoms with Crippen molar-refractivity contribution in [2.24, 2.45) is 5.73 Å². The van der Waals surface area contributed by atoms with Crippen LogP contribution in [-0.4, -0.2) is 23.9 Å². The lowest BCUT2D eigenvalue weighted by molar-refractivity contribution is 0.0132. The number of benzene rings is 1. The quantitative estimate of drug-likeness (QED) is 0.612. The third-order valence-corrected chi connectivity index (χ3v) is 3.83. The summed E-state index contributed by atoms with van der Waals surface area (Å²) in [5.74, 6) is 0.899. The maximum absolute atomic E-state index is 10.7. The Morgan fingerprint density at radius 3 is 2.48 bits per heavy atom. The van der Waals surface area contributed by atoms with Gasteiger partial charge in [0.1, 0.15) is 5.75 Å². The molecule has 3 nitrogen and oxygen atoms in total. The number of rotatable bonds is 11. The molecule has 0 spiro atoms. The van der Waals surface area contributed by atoms with Gasteiger partial charge in [-0.15, -0.1) is 0 Å². The molecule has 21 heavy (non-hydrogen) atoms. The molecule has 120 valence electrons. The summed E-state index contributed by atoms with van der Waals surface area (Å²) in [5, 5.41) is 10.7. The summed E-state index contributed by atoms with van der Waals surface area (Å²) < 4.78 is 5.67. The van der Waals surface area contributed by atoms with Crippen LogP contribution in [0.4, 0.5) is 0 Å². The predicted molar refractivity (Wildman–Crippen MR) is 88.7 cm³/mol. The highest BCUT2D eigenvalue weighted by Gasteiger charge is 2.24. The van der Waals surface area contributed by atoms with Crippen LogP contribution >= 0.6 is 0 Å². The van der Waals surface area contributed by atoms with Crippen LogP contribution in [0.15, 0.2) is 24.3 Å². The first kappa shape index (κ1) is 18.0. The summed E-state index contributed by atoms with van der Waals surface area (Å²) >= 11 is 0. The first-order valence-electron chi connectivity index (χ1n) is 8.27. The lowest BCUT2D eigenvalue weighted by atomic mass is 9.87. The van der Waals surface area contributed by atoms with Gasteiger partial charge in [0.2, 0.25) is 0 Å². The Bertz CT molecular complexity index is 387. The van der Waals surface area contributed by atoms with E-state index in [1.165, 1.54) is 5.56 Å². The molecule has 0 aromatic heterocycles. The van der Waals surface area contributed by atoms with Crippen molar-refractivity contribution in [1.29, 1.82) is 0 Å². The van der Waals surface area contributed by atoms with E-state index in [0.717, 1.165) is 50.7 Å². The number of aliphatic hydroxyl groups is 1. The molecule has 1 rings (SSSR count). The zero-order valence-corrected chi connectivity index (χ0v) is 13.6. The van der Waals surface area contributed by atoms with Crippen molar-refractivity contribution >= 4 is 0 Å². The van der Waals surface area contributed by atoms with Crippen molar-refractivity contribution in [3.05, 3.63) is 29.8 Å². The van der Waals surface area contributed by atoms with Gasteiger partial charge >= 0.3 is 0 Å². The molecular formula is C18H31NO2. The van der Waals surface area contributed by atoms with Crippen LogP contribution in [0.3, 0.4) is 0 Å². The number of aryl methyl sites for hydroxylation is 1. The van der Waals surface area contributed by atoms with E-state index < -0.39 is 5.60 Å². The van der Waals surface area contributed by atoms with Crippen LogP contribution in [-0.2, 0) is 6.42 Å². The van der Waals surface area contributed by atoms with Crippen LogP contribution in [0, 0.1) is 0 Å². The normalized spacial score (nSPS) is 11.6. The van der Waals surface area contributed by atoms with Crippen molar-refractivity contribution in [2.45, 2.75) is 64.4 Å². The fraction of sp³-hybridized carbons (Fsp3) is 0.667. The van der Waals surface area contributed by atoms with E-state index in [0.29, 0.717) is 13.2 Å². The summed E-state index contributed by atoms with van der Waals surface area (Å²) in [6.45, 7) is 5.58. The summed E-state index contributed by atoms with van der Waals surface area (Å²) in [7, 11) is 0. The fourth-order valence-electron chi connectivity index (χ4n) is 2.75. The molecule has 0 aliphatic rings. The number of nitrogens with two attached hydrogens (primary N) is 1. The van der Waals surface area contributed by atoms with Gasteiger partial charge in [-0.1, -0.05) is 38.8 Å². The molecule has 0 saturated heterocycles. The van der Waals surface area contributed by atoms with Gasteiger partial charge in [0.05, 0.1) is 12.2 Å². The molecule has 0 saturated carbocycles. The van der Waals surface area contributed by atoms with Gasteiger partial charge < -0.3 is 15.6 Å². The standard InChI is InChI=1S/C18H31NO2/c1-3-10-18(20,11-4-2)12-9-16-7-5-8-17(15-16)21-14-6-13-19/h5,7-8,15,20H,3-4,6,9-14,19H2,1-2H3. The van der Waals surface area contributed by atoms with Crippen molar-refractivity contribution in [3.8, 4) is 5.75 Å². The van der Waals surface area contributed by atoms with E-state index in [2.05, 4.69) is 26.0 Å². The molecule has 0 aliphatic carbocycles. The maximum atomic E-state index is 10.7. The highest BCUT2D eigenvalue weighted by atomic mass is 16.5. The van der Waals surface area contributed by atoms with E-state index in [1.54, 1.807) is 0 Å². The Labute approximate surface area is 129 Å². The summed E-state index contributed by atoms with van der Waals surface area (Å²) in [4.78, 5) is 0. The Balaban J connectivity index is 2.55. The topological polar surface area (TPSA) is 55.5 Å². The lowest BCUT2D eigenvalue weighted by Crippen LogP contribution is -2.28. The number of hydrogen-bond acceptors (Lipinski definition) is 3. The van der Waals surface area contributed by atoms with E-state index >= 15 is 0 Å². The molecule has 1 aromatic rings. The second kappa shape index (κ2) is 9.80. The minimum Gasteiger partial charge on any atom is -0.494 e. The van der Waals surface area contributed by atoms with E-state index in [-0.39, 0.29) is 0 Å². The summed E-state index contributed by atoms with van der Waals surface area (Å²) in [5.41, 5.74) is 6.18. The summed E-state index contributed by atoms with van der Waals surface area (Å²) in [6, 6.07) is 8.18. The first-order chi connectivity index (χ1) is 10.1. The SMILES string of the molecule is CCCC(O)(CCC)CCc1cccc(OCCCN)c1. The van der Waals surface area contributed by atoms with Gasteiger partial charge in [0, 0.05) is 0 Å². The van der Waals surface area contributed by atoms with Crippen LogP contribution in [0.1, 0.15) is 57.9 Å². The minimum atomic E-state index is -0.514. The minimum absolute atomic E-state index is 0.514. The van der Waals surface area contributed by atoms with Crippen molar-refractivity contribution in [2.75, 3.05) is 13.2 Å². The van der Waals surface area contributed by atoms with Gasteiger partial charge in [-0.2, -0.15) is 0 Å². The monoisotopic (exact) mass is 293 g/mol. The average molecular weight is 293 g/mol. The third-order valence-electron chi connectivity index (χ3n) is 3.83. The van der Waals surface area contributed by atoms with Gasteiger partial charge in [0.15, 0.2) is 0 Å². The smallest absolute Gasteiger partial charge is 0.119 e. The largest absolute Gasteiger partial charge is 0.494 e. The predicted octanol–water partition coefficient (Wildman–Crippen LogP) is 3.68. The maximum Gasteiger partial charge on any atom is 0.119 e. The Morgan fingerprint density at radius 1 is 1.14 bits per heavy atom. The molecular weight excluding hydrogens is 262 g/mol. The Morgan fingerprint density at radius 2 is 1.86 bits per heavy atom. The molecule has 0 bridgehead atoms. The fourth-order valence-corrected chi connectivity index (χ4v) is 2.75. The molecule has 0 fully saturated rings. The Kier molecular flexibility index (Phi) is 8.40. The second-order valence-corrected chi connectivity index (χ2v) is 5.86. The van der Waals surface area contributed by atoms with Crippen molar-refractivity contribution < 1.29 is 9.84 Å². The van der Waals surface area contributed by atoms with Crippen LogP contribution < -0.4 is 10.5 Å². The molecule has 3 heteroatoms. The molecule has 1 aromatic carbocycles. The van der Waals surface area contributed by atoms with Crippen LogP contribution in [0.5, 0.6) is 5.75 Å². The average Bonchev–Trinajstić information content (AvgIpc) is 2.47. The summed E-state index contributed by atoms with van der Waals surface area (Å²) in [6.07, 6.45) is 6.40. The molecule has 0 atom stereocenters. The van der Waals surface area contributed by atoms with Crippen LogP contribution in [0.2, 0.25) is 0 Å². The van der Waals surface area contributed by atoms with Gasteiger partial charge in [-0.25, -0.2) is 0 Å². The zero-order chi connectivity index (χ0) is 15.6. The van der Waals surface area contributed by atoms with Gasteiger partial charge in [-0.05, 0) is 56.3 Å². The highest BCUT2D eigenvalue weighted by Crippen LogP contribution is 2.26. The Hall–Kier alpha value is -1.06. The molecule has 0 radical (unpaired) electrons. The lowest BCUT2D eigenvalue weighted by Gasteiger charge is -2.27. The zero-order valence-electron chi connectivity index (χ0n) is 13.6. The first-order valence-corrected chi connectivity index (χ1v) is 8.27. The molecule has 0 aliphatic heterocycles. The van der Waals surface area contributed by atoms with E-state index in [1.807, 2.05) is 12.1 Å². The number of hydrogen-bond donors (Lipinski definition) is 2. The number of ether oxygens (including phenoxy) is 1. The van der Waals surface area contributed by atoms with Gasteiger partial charge in [0.25, 0.3) is 0 Å². The highest BCUT2D eigenvalue weighted by molar-refractivity contribution is 5.28. The molecule has 0 unspecified atom stereocenters. The van der Waals surface area contributed by atoms with Crippen molar-refractivity contribution in [1.82, 2.24) is 0 Å². The second-order valence-electron chi connectivity index (χ2n) is 5.86. The molecule has 0 heterocycles. The molecule has 0 amide bonds. The van der Waals surface area contributed by atoms with Gasteiger partial charge in [-0.3, -0.25) is 0 Å². The van der Waals surface area contributed by atoms with Crippen molar-refractivity contribution in [3.63, 3.8) is 0 Å². The van der Waals surface area contributed by atoms with E-state index in [4.69, 9.17) is 10.5 Å². The van der Waals surface area contributed by atoms with E-state index in [9.17, 15) is 5.11 Å². The van der Waals surface area contributed by atoms with Crippen LogP contribution in [0.25, 0.3) is 0 Å².